The summed E-state index contributed by atoms with van der Waals surface area (Å²) >= 11 is 0. The van der Waals surface area contributed by atoms with Gasteiger partial charge in [0.1, 0.15) is 0 Å². The first-order valence-corrected chi connectivity index (χ1v) is 7.01. The Kier molecular flexibility index (Phi) is 6.36. The average Bonchev–Trinajstić information content (AvgIpc) is 2.43. The van der Waals surface area contributed by atoms with E-state index in [1.54, 1.807) is 6.08 Å². The Hall–Kier alpha value is -0.870. The molecule has 0 spiro atoms. The molecule has 1 rings (SSSR count). The number of rotatable bonds is 6. The van der Waals surface area contributed by atoms with Crippen LogP contribution in [0.25, 0.3) is 0 Å². The van der Waals surface area contributed by atoms with Crippen molar-refractivity contribution in [3.63, 3.8) is 0 Å². The van der Waals surface area contributed by atoms with Crippen LogP contribution in [-0.4, -0.2) is 48.6 Å². The lowest BCUT2D eigenvalue weighted by Crippen LogP contribution is -2.61. The van der Waals surface area contributed by atoms with Crippen LogP contribution < -0.4 is 10.6 Å². The van der Waals surface area contributed by atoms with Gasteiger partial charge in [0.2, 0.25) is 5.91 Å². The fourth-order valence-electron chi connectivity index (χ4n) is 2.49. The fraction of sp³-hybridized carbons (Fsp3) is 0.786. The highest BCUT2D eigenvalue weighted by Crippen LogP contribution is 2.15. The van der Waals surface area contributed by atoms with Crippen LogP contribution in [0.2, 0.25) is 0 Å². The molecular formula is C14H27N3O. The molecule has 1 fully saturated rings. The first-order chi connectivity index (χ1) is 8.63. The number of amides is 1. The zero-order valence-corrected chi connectivity index (χ0v) is 11.9. The van der Waals surface area contributed by atoms with Crippen molar-refractivity contribution in [1.82, 2.24) is 15.5 Å². The molecule has 2 N–H and O–H groups in total. The maximum absolute atomic E-state index is 12.0. The van der Waals surface area contributed by atoms with E-state index in [-0.39, 0.29) is 11.9 Å². The lowest BCUT2D eigenvalue weighted by Gasteiger charge is -2.42. The number of hydrogen-bond acceptors (Lipinski definition) is 3. The van der Waals surface area contributed by atoms with Crippen molar-refractivity contribution in [2.45, 2.75) is 51.7 Å². The molecule has 1 amide bonds. The van der Waals surface area contributed by atoms with Crippen molar-refractivity contribution in [3.05, 3.63) is 12.7 Å². The van der Waals surface area contributed by atoms with Crippen LogP contribution in [0, 0.1) is 0 Å². The molecule has 4 heteroatoms. The molecule has 0 saturated carbocycles. The van der Waals surface area contributed by atoms with E-state index in [4.69, 9.17) is 0 Å². The van der Waals surface area contributed by atoms with Crippen LogP contribution in [0.15, 0.2) is 12.7 Å². The van der Waals surface area contributed by atoms with Crippen LogP contribution in [0.4, 0.5) is 0 Å². The topological polar surface area (TPSA) is 44.4 Å². The van der Waals surface area contributed by atoms with Crippen molar-refractivity contribution >= 4 is 5.91 Å². The minimum atomic E-state index is -0.0638. The summed E-state index contributed by atoms with van der Waals surface area (Å²) < 4.78 is 0. The van der Waals surface area contributed by atoms with E-state index >= 15 is 0 Å². The Morgan fingerprint density at radius 1 is 1.56 bits per heavy atom. The van der Waals surface area contributed by atoms with E-state index in [1.165, 1.54) is 0 Å². The van der Waals surface area contributed by atoms with Gasteiger partial charge >= 0.3 is 0 Å². The number of piperazine rings is 1. The molecule has 3 unspecified atom stereocenters. The SMILES string of the molecule is C=CCNC(=O)C(C)N1CC(CC)NCC1CC. The molecule has 104 valence electrons. The highest BCUT2D eigenvalue weighted by molar-refractivity contribution is 5.81. The third kappa shape index (κ3) is 3.82. The normalized spacial score (nSPS) is 26.6. The summed E-state index contributed by atoms with van der Waals surface area (Å²) in [4.78, 5) is 14.4. The quantitative estimate of drug-likeness (QED) is 0.698. The highest BCUT2D eigenvalue weighted by Gasteiger charge is 2.32. The Morgan fingerprint density at radius 3 is 2.83 bits per heavy atom. The lowest BCUT2D eigenvalue weighted by atomic mass is 10.0. The molecule has 1 heterocycles. The number of carbonyl (C=O) groups excluding carboxylic acids is 1. The van der Waals surface area contributed by atoms with Crippen molar-refractivity contribution < 1.29 is 4.79 Å². The van der Waals surface area contributed by atoms with Gasteiger partial charge in [0, 0.05) is 31.7 Å². The molecule has 0 radical (unpaired) electrons. The van der Waals surface area contributed by atoms with Crippen LogP contribution in [0.3, 0.4) is 0 Å². The molecule has 0 aromatic heterocycles. The van der Waals surface area contributed by atoms with Crippen molar-refractivity contribution in [2.75, 3.05) is 19.6 Å². The average molecular weight is 253 g/mol. The first kappa shape index (κ1) is 15.2. The van der Waals surface area contributed by atoms with E-state index in [1.807, 2.05) is 6.92 Å². The third-order valence-corrected chi connectivity index (χ3v) is 3.80. The summed E-state index contributed by atoms with van der Waals surface area (Å²) in [6.45, 7) is 12.5. The number of carbonyl (C=O) groups is 1. The van der Waals surface area contributed by atoms with Gasteiger partial charge in [0.05, 0.1) is 6.04 Å². The molecule has 0 aliphatic carbocycles. The molecule has 0 bridgehead atoms. The minimum Gasteiger partial charge on any atom is -0.351 e. The van der Waals surface area contributed by atoms with E-state index in [9.17, 15) is 4.79 Å². The molecule has 1 saturated heterocycles. The molecule has 4 nitrogen and oxygen atoms in total. The molecule has 3 atom stereocenters. The largest absolute Gasteiger partial charge is 0.351 e. The lowest BCUT2D eigenvalue weighted by molar-refractivity contribution is -0.127. The summed E-state index contributed by atoms with van der Waals surface area (Å²) in [6, 6.07) is 0.894. The summed E-state index contributed by atoms with van der Waals surface area (Å²) in [5, 5.41) is 6.44. The Balaban J connectivity index is 2.62. The van der Waals surface area contributed by atoms with Gasteiger partial charge in [-0.2, -0.15) is 0 Å². The first-order valence-electron chi connectivity index (χ1n) is 7.01. The Bertz CT molecular complexity index is 280. The second-order valence-electron chi connectivity index (χ2n) is 4.98. The van der Waals surface area contributed by atoms with E-state index in [0.717, 1.165) is 25.9 Å². The van der Waals surface area contributed by atoms with Gasteiger partial charge in [-0.05, 0) is 19.8 Å². The van der Waals surface area contributed by atoms with Gasteiger partial charge in [-0.3, -0.25) is 9.69 Å². The van der Waals surface area contributed by atoms with Gasteiger partial charge in [-0.1, -0.05) is 19.9 Å². The summed E-state index contributed by atoms with van der Waals surface area (Å²) in [7, 11) is 0. The zero-order valence-electron chi connectivity index (χ0n) is 11.9. The smallest absolute Gasteiger partial charge is 0.237 e. The van der Waals surface area contributed by atoms with Crippen LogP contribution in [0.5, 0.6) is 0 Å². The van der Waals surface area contributed by atoms with Gasteiger partial charge < -0.3 is 10.6 Å². The predicted molar refractivity (Wildman–Crippen MR) is 75.5 cm³/mol. The fourth-order valence-corrected chi connectivity index (χ4v) is 2.49. The summed E-state index contributed by atoms with van der Waals surface area (Å²) in [5.74, 6) is 0.102. The van der Waals surface area contributed by atoms with Crippen LogP contribution in [-0.2, 0) is 4.79 Å². The summed E-state index contributed by atoms with van der Waals surface area (Å²) in [6.07, 6.45) is 3.89. The maximum atomic E-state index is 12.0. The Morgan fingerprint density at radius 2 is 2.28 bits per heavy atom. The molecule has 0 aromatic rings. The highest BCUT2D eigenvalue weighted by atomic mass is 16.2. The summed E-state index contributed by atoms with van der Waals surface area (Å²) in [5.41, 5.74) is 0. The van der Waals surface area contributed by atoms with Gasteiger partial charge in [-0.25, -0.2) is 0 Å². The number of nitrogens with one attached hydrogen (secondary N) is 2. The Labute approximate surface area is 111 Å². The van der Waals surface area contributed by atoms with E-state index in [2.05, 4.69) is 36.0 Å². The van der Waals surface area contributed by atoms with Gasteiger partial charge in [0.15, 0.2) is 0 Å². The second-order valence-corrected chi connectivity index (χ2v) is 4.98. The van der Waals surface area contributed by atoms with Crippen LogP contribution in [0.1, 0.15) is 33.6 Å². The molecule has 1 aliphatic rings. The maximum Gasteiger partial charge on any atom is 0.237 e. The molecular weight excluding hydrogens is 226 g/mol. The van der Waals surface area contributed by atoms with E-state index in [0.29, 0.717) is 18.6 Å². The molecule has 0 aromatic carbocycles. The van der Waals surface area contributed by atoms with Crippen molar-refractivity contribution in [1.29, 1.82) is 0 Å². The monoisotopic (exact) mass is 253 g/mol. The van der Waals surface area contributed by atoms with Crippen molar-refractivity contribution in [2.24, 2.45) is 0 Å². The van der Waals surface area contributed by atoms with Gasteiger partial charge in [0.25, 0.3) is 0 Å². The van der Waals surface area contributed by atoms with Crippen molar-refractivity contribution in [3.8, 4) is 0 Å². The number of nitrogens with zero attached hydrogens (tertiary/aromatic N) is 1. The second kappa shape index (κ2) is 7.54. The van der Waals surface area contributed by atoms with E-state index < -0.39 is 0 Å². The molecule has 18 heavy (non-hydrogen) atoms. The predicted octanol–water partition coefficient (Wildman–Crippen LogP) is 1.14. The van der Waals surface area contributed by atoms with Gasteiger partial charge in [-0.15, -0.1) is 6.58 Å². The van der Waals surface area contributed by atoms with Crippen LogP contribution >= 0.6 is 0 Å². The minimum absolute atomic E-state index is 0.0638. The molecule has 1 aliphatic heterocycles. The zero-order chi connectivity index (χ0) is 13.5. The number of hydrogen-bond donors (Lipinski definition) is 2. The third-order valence-electron chi connectivity index (χ3n) is 3.80. The standard InChI is InChI=1S/C14H27N3O/c1-5-8-15-14(18)11(4)17-10-12(6-2)16-9-13(17)7-3/h5,11-13,16H,1,6-10H2,2-4H3,(H,15,18).